The lowest BCUT2D eigenvalue weighted by atomic mass is 10.00. The Kier molecular flexibility index (Phi) is 5.40. The average Bonchev–Trinajstić information content (AvgIpc) is 3.30. The van der Waals surface area contributed by atoms with E-state index in [2.05, 4.69) is 33.2 Å². The summed E-state index contributed by atoms with van der Waals surface area (Å²) in [6.45, 7) is 4.68. The van der Waals surface area contributed by atoms with Gasteiger partial charge in [-0.2, -0.15) is 5.26 Å². The van der Waals surface area contributed by atoms with E-state index in [4.69, 9.17) is 4.42 Å². The predicted molar refractivity (Wildman–Crippen MR) is 92.5 cm³/mol. The van der Waals surface area contributed by atoms with Crippen LogP contribution in [0.15, 0.2) is 10.6 Å². The van der Waals surface area contributed by atoms with Crippen LogP contribution in [0.3, 0.4) is 0 Å². The largest absolute Gasteiger partial charge is 0.445 e. The normalized spacial score (nSPS) is 23.0. The number of likely N-dealkylation sites (N-methyl/N-ethyl adjacent to an activating group) is 1. The fraction of sp³-hybridized carbons (Fsp3) is 0.722. The minimum Gasteiger partial charge on any atom is -0.445 e. The van der Waals surface area contributed by atoms with Crippen molar-refractivity contribution in [3.63, 3.8) is 0 Å². The summed E-state index contributed by atoms with van der Waals surface area (Å²) in [5.74, 6) is 1.52. The van der Waals surface area contributed by atoms with Gasteiger partial charge in [-0.15, -0.1) is 0 Å². The summed E-state index contributed by atoms with van der Waals surface area (Å²) in [5, 5.41) is 12.4. The monoisotopic (exact) mass is 345 g/mol. The number of aromatic nitrogens is 1. The first-order valence-electron chi connectivity index (χ1n) is 9.06. The molecule has 25 heavy (non-hydrogen) atoms. The van der Waals surface area contributed by atoms with E-state index in [1.165, 1.54) is 0 Å². The van der Waals surface area contributed by atoms with E-state index in [0.717, 1.165) is 56.8 Å². The lowest BCUT2D eigenvalue weighted by Crippen LogP contribution is -2.49. The maximum Gasteiger partial charge on any atom is 0.235 e. The van der Waals surface area contributed by atoms with Crippen molar-refractivity contribution in [2.75, 3.05) is 26.7 Å². The standard InChI is InChI=1S/C18H27N5O2/c1-14-9-20-17(25-14)12-22(2)15-5-8-23(10-15)11-16(24)21-18(13-19)6-3-4-7-18/h9,15H,3-8,10-12H2,1-2H3,(H,21,24)/t15-/m1/s1. The van der Waals surface area contributed by atoms with Crippen LogP contribution in [0.4, 0.5) is 0 Å². The Morgan fingerprint density at radius 1 is 1.56 bits per heavy atom. The van der Waals surface area contributed by atoms with Gasteiger partial charge < -0.3 is 9.73 Å². The van der Waals surface area contributed by atoms with Gasteiger partial charge >= 0.3 is 0 Å². The molecule has 1 saturated carbocycles. The van der Waals surface area contributed by atoms with Crippen molar-refractivity contribution in [1.82, 2.24) is 20.1 Å². The summed E-state index contributed by atoms with van der Waals surface area (Å²) in [7, 11) is 2.07. The van der Waals surface area contributed by atoms with Gasteiger partial charge in [0.05, 0.1) is 25.4 Å². The van der Waals surface area contributed by atoms with Gasteiger partial charge in [0.15, 0.2) is 0 Å². The lowest BCUT2D eigenvalue weighted by molar-refractivity contribution is -0.123. The highest BCUT2D eigenvalue weighted by Crippen LogP contribution is 2.28. The summed E-state index contributed by atoms with van der Waals surface area (Å²) in [6.07, 6.45) is 6.34. The summed E-state index contributed by atoms with van der Waals surface area (Å²) in [6, 6.07) is 2.70. The second-order valence-electron chi connectivity index (χ2n) is 7.41. The van der Waals surface area contributed by atoms with Crippen LogP contribution < -0.4 is 5.32 Å². The molecule has 7 heteroatoms. The Labute approximate surface area is 149 Å². The third-order valence-corrected chi connectivity index (χ3v) is 5.34. The van der Waals surface area contributed by atoms with Crippen LogP contribution >= 0.6 is 0 Å². The molecule has 1 aromatic heterocycles. The maximum atomic E-state index is 12.3. The first-order valence-corrected chi connectivity index (χ1v) is 9.06. The zero-order valence-electron chi connectivity index (χ0n) is 15.1. The molecule has 3 rings (SSSR count). The molecule has 2 aliphatic rings. The van der Waals surface area contributed by atoms with Crippen molar-refractivity contribution < 1.29 is 9.21 Å². The molecule has 2 heterocycles. The molecule has 1 aliphatic carbocycles. The number of carbonyl (C=O) groups is 1. The zero-order chi connectivity index (χ0) is 17.9. The molecule has 1 aliphatic heterocycles. The topological polar surface area (TPSA) is 85.4 Å². The molecular weight excluding hydrogens is 318 g/mol. The van der Waals surface area contributed by atoms with E-state index in [9.17, 15) is 10.1 Å². The van der Waals surface area contributed by atoms with Crippen molar-refractivity contribution in [3.05, 3.63) is 17.8 Å². The fourth-order valence-corrected chi connectivity index (χ4v) is 3.89. The highest BCUT2D eigenvalue weighted by atomic mass is 16.4. The van der Waals surface area contributed by atoms with Crippen LogP contribution in [-0.4, -0.2) is 59.0 Å². The van der Waals surface area contributed by atoms with Gasteiger partial charge in [0.25, 0.3) is 0 Å². The van der Waals surface area contributed by atoms with E-state index < -0.39 is 5.54 Å². The van der Waals surface area contributed by atoms with Crippen LogP contribution in [0.5, 0.6) is 0 Å². The van der Waals surface area contributed by atoms with Gasteiger partial charge in [0.2, 0.25) is 11.8 Å². The molecule has 2 fully saturated rings. The Balaban J connectivity index is 1.46. The lowest BCUT2D eigenvalue weighted by Gasteiger charge is -2.25. The third kappa shape index (κ3) is 4.39. The number of aryl methyl sites for hydroxylation is 1. The summed E-state index contributed by atoms with van der Waals surface area (Å²) in [5.41, 5.74) is -0.629. The van der Waals surface area contributed by atoms with Gasteiger partial charge in [0.1, 0.15) is 11.3 Å². The van der Waals surface area contributed by atoms with Crippen molar-refractivity contribution in [1.29, 1.82) is 5.26 Å². The van der Waals surface area contributed by atoms with Crippen LogP contribution in [0, 0.1) is 18.3 Å². The summed E-state index contributed by atoms with van der Waals surface area (Å²) in [4.78, 5) is 21.0. The number of amides is 1. The van der Waals surface area contributed by atoms with Gasteiger partial charge in [-0.25, -0.2) is 4.98 Å². The number of likely N-dealkylation sites (tertiary alicyclic amines) is 1. The molecule has 0 bridgehead atoms. The third-order valence-electron chi connectivity index (χ3n) is 5.34. The molecule has 7 nitrogen and oxygen atoms in total. The molecule has 0 unspecified atom stereocenters. The second-order valence-corrected chi connectivity index (χ2v) is 7.41. The quantitative estimate of drug-likeness (QED) is 0.840. The molecule has 0 radical (unpaired) electrons. The van der Waals surface area contributed by atoms with Crippen LogP contribution in [0.1, 0.15) is 43.8 Å². The highest BCUT2D eigenvalue weighted by molar-refractivity contribution is 5.79. The number of oxazole rings is 1. The SMILES string of the molecule is Cc1cnc(CN(C)[C@@H]2CCN(CC(=O)NC3(C#N)CCCC3)C2)o1. The molecule has 1 amide bonds. The fourth-order valence-electron chi connectivity index (χ4n) is 3.89. The minimum absolute atomic E-state index is 0.0323. The molecule has 0 aromatic carbocycles. The van der Waals surface area contributed by atoms with Crippen LogP contribution in [0.25, 0.3) is 0 Å². The van der Waals surface area contributed by atoms with Crippen molar-refractivity contribution in [3.8, 4) is 6.07 Å². The zero-order valence-corrected chi connectivity index (χ0v) is 15.1. The van der Waals surface area contributed by atoms with Gasteiger partial charge in [0, 0.05) is 19.1 Å². The molecule has 1 atom stereocenters. The van der Waals surface area contributed by atoms with E-state index in [1.807, 2.05) is 6.92 Å². The van der Waals surface area contributed by atoms with Gasteiger partial charge in [-0.3, -0.25) is 14.6 Å². The minimum atomic E-state index is -0.629. The van der Waals surface area contributed by atoms with E-state index in [0.29, 0.717) is 19.1 Å². The molecule has 0 spiro atoms. The smallest absolute Gasteiger partial charge is 0.235 e. The molecule has 1 aromatic rings. The summed E-state index contributed by atoms with van der Waals surface area (Å²) < 4.78 is 5.54. The highest BCUT2D eigenvalue weighted by Gasteiger charge is 2.36. The van der Waals surface area contributed by atoms with E-state index >= 15 is 0 Å². The Morgan fingerprint density at radius 2 is 2.32 bits per heavy atom. The Bertz CT molecular complexity index is 644. The molecular formula is C18H27N5O2. The Hall–Kier alpha value is -1.91. The van der Waals surface area contributed by atoms with Gasteiger partial charge in [-0.1, -0.05) is 0 Å². The average molecular weight is 345 g/mol. The first kappa shape index (κ1) is 17.9. The Morgan fingerprint density at radius 3 is 2.96 bits per heavy atom. The number of nitriles is 1. The van der Waals surface area contributed by atoms with Gasteiger partial charge in [-0.05, 0) is 46.1 Å². The summed E-state index contributed by atoms with van der Waals surface area (Å²) >= 11 is 0. The number of carbonyl (C=O) groups excluding carboxylic acids is 1. The van der Waals surface area contributed by atoms with Crippen LogP contribution in [0.2, 0.25) is 0 Å². The number of hydrogen-bond donors (Lipinski definition) is 1. The van der Waals surface area contributed by atoms with E-state index in [1.54, 1.807) is 6.20 Å². The van der Waals surface area contributed by atoms with Crippen LogP contribution in [-0.2, 0) is 11.3 Å². The molecule has 1 N–H and O–H groups in total. The molecule has 1 saturated heterocycles. The van der Waals surface area contributed by atoms with Crippen molar-refractivity contribution in [2.24, 2.45) is 0 Å². The number of rotatable bonds is 6. The second kappa shape index (κ2) is 7.54. The number of nitrogens with zero attached hydrogens (tertiary/aromatic N) is 4. The first-order chi connectivity index (χ1) is 12.0. The predicted octanol–water partition coefficient (Wildman–Crippen LogP) is 1.44. The number of hydrogen-bond acceptors (Lipinski definition) is 6. The number of nitrogens with one attached hydrogen (secondary N) is 1. The molecule has 136 valence electrons. The van der Waals surface area contributed by atoms with Crippen molar-refractivity contribution >= 4 is 5.91 Å². The van der Waals surface area contributed by atoms with E-state index in [-0.39, 0.29) is 5.91 Å². The van der Waals surface area contributed by atoms with Crippen molar-refractivity contribution in [2.45, 2.75) is 57.2 Å². The maximum absolute atomic E-state index is 12.3.